The molecule has 8 nitrogen and oxygen atoms in total. The number of hydrogen-bond donors (Lipinski definition) is 1. The average molecular weight is 345 g/mol. The highest BCUT2D eigenvalue weighted by Crippen LogP contribution is 2.18. The molecule has 1 N–H and O–H groups in total. The number of nitrogens with one attached hydrogen (secondary N) is 1. The quantitative estimate of drug-likeness (QED) is 0.748. The second-order valence-electron chi connectivity index (χ2n) is 7.01. The van der Waals surface area contributed by atoms with Crippen molar-refractivity contribution in [2.75, 3.05) is 13.7 Å². The van der Waals surface area contributed by atoms with Crippen LogP contribution in [0.5, 0.6) is 0 Å². The van der Waals surface area contributed by atoms with E-state index in [0.29, 0.717) is 18.9 Å². The monoisotopic (exact) mass is 345 g/mol. The van der Waals surface area contributed by atoms with E-state index in [0.717, 1.165) is 11.0 Å². The standard InChI is InChI=1S/C17H23N5O3/c1-17(2,3)18-14(23)11-21-16(24)22-13-8-6-5-7-12(13)20(9-10-25-4)15(22)19-21/h5-8H,9-11H2,1-4H3,(H,18,23). The number of amides is 1. The Kier molecular flexibility index (Phi) is 4.38. The molecule has 0 bridgehead atoms. The van der Waals surface area contributed by atoms with Crippen molar-refractivity contribution < 1.29 is 9.53 Å². The summed E-state index contributed by atoms with van der Waals surface area (Å²) in [6.45, 7) is 6.63. The van der Waals surface area contributed by atoms with Crippen LogP contribution < -0.4 is 11.0 Å². The number of hydrogen-bond acceptors (Lipinski definition) is 4. The van der Waals surface area contributed by atoms with E-state index in [2.05, 4.69) is 10.4 Å². The number of imidazole rings is 1. The van der Waals surface area contributed by atoms with Crippen LogP contribution in [0.4, 0.5) is 0 Å². The highest BCUT2D eigenvalue weighted by molar-refractivity contribution is 5.81. The smallest absolute Gasteiger partial charge is 0.352 e. The highest BCUT2D eigenvalue weighted by atomic mass is 16.5. The van der Waals surface area contributed by atoms with Crippen LogP contribution in [0.3, 0.4) is 0 Å². The second-order valence-corrected chi connectivity index (χ2v) is 7.01. The van der Waals surface area contributed by atoms with E-state index in [4.69, 9.17) is 4.74 Å². The summed E-state index contributed by atoms with van der Waals surface area (Å²) in [6.07, 6.45) is 0. The number of nitrogens with zero attached hydrogens (tertiary/aromatic N) is 4. The predicted molar refractivity (Wildman–Crippen MR) is 94.7 cm³/mol. The summed E-state index contributed by atoms with van der Waals surface area (Å²) in [7, 11) is 1.63. The molecular formula is C17H23N5O3. The fourth-order valence-corrected chi connectivity index (χ4v) is 2.87. The predicted octanol–water partition coefficient (Wildman–Crippen LogP) is 1.01. The Morgan fingerprint density at radius 3 is 2.56 bits per heavy atom. The Labute approximate surface area is 145 Å². The lowest BCUT2D eigenvalue weighted by atomic mass is 10.1. The van der Waals surface area contributed by atoms with Gasteiger partial charge in [-0.2, -0.15) is 0 Å². The number of carbonyl (C=O) groups is 1. The third-order valence-corrected chi connectivity index (χ3v) is 3.80. The number of methoxy groups -OCH3 is 1. The van der Waals surface area contributed by atoms with Gasteiger partial charge in [-0.3, -0.25) is 4.79 Å². The number of aromatic nitrogens is 4. The van der Waals surface area contributed by atoms with Gasteiger partial charge in [0.25, 0.3) is 0 Å². The lowest BCUT2D eigenvalue weighted by Gasteiger charge is -2.20. The topological polar surface area (TPSA) is 82.6 Å². The summed E-state index contributed by atoms with van der Waals surface area (Å²) in [4.78, 5) is 24.9. The lowest BCUT2D eigenvalue weighted by Crippen LogP contribution is -2.43. The molecule has 0 aliphatic heterocycles. The zero-order valence-corrected chi connectivity index (χ0v) is 14.9. The molecule has 3 rings (SSSR count). The summed E-state index contributed by atoms with van der Waals surface area (Å²) >= 11 is 0. The average Bonchev–Trinajstić information content (AvgIpc) is 2.99. The maximum absolute atomic E-state index is 12.8. The van der Waals surface area contributed by atoms with Gasteiger partial charge < -0.3 is 14.6 Å². The molecule has 3 aromatic rings. The fraction of sp³-hybridized carbons (Fsp3) is 0.471. The van der Waals surface area contributed by atoms with Crippen molar-refractivity contribution in [1.29, 1.82) is 0 Å². The van der Waals surface area contributed by atoms with Gasteiger partial charge in [0.15, 0.2) is 0 Å². The van der Waals surface area contributed by atoms with Gasteiger partial charge in [0.05, 0.1) is 17.6 Å². The molecule has 0 aliphatic carbocycles. The molecule has 1 amide bonds. The molecule has 0 fully saturated rings. The minimum atomic E-state index is -0.361. The van der Waals surface area contributed by atoms with Gasteiger partial charge in [0, 0.05) is 19.2 Å². The van der Waals surface area contributed by atoms with Crippen LogP contribution >= 0.6 is 0 Å². The molecule has 0 saturated carbocycles. The first-order valence-electron chi connectivity index (χ1n) is 8.18. The van der Waals surface area contributed by atoms with Crippen LogP contribution in [0.2, 0.25) is 0 Å². The van der Waals surface area contributed by atoms with Gasteiger partial charge in [-0.1, -0.05) is 12.1 Å². The van der Waals surface area contributed by atoms with Gasteiger partial charge >= 0.3 is 5.69 Å². The Balaban J connectivity index is 2.07. The molecule has 0 radical (unpaired) electrons. The summed E-state index contributed by atoms with van der Waals surface area (Å²) in [5.74, 6) is 0.259. The second kappa shape index (κ2) is 6.36. The lowest BCUT2D eigenvalue weighted by molar-refractivity contribution is -0.123. The molecule has 2 heterocycles. The highest BCUT2D eigenvalue weighted by Gasteiger charge is 2.20. The minimum Gasteiger partial charge on any atom is -0.383 e. The number of rotatable bonds is 5. The van der Waals surface area contributed by atoms with Crippen molar-refractivity contribution in [3.8, 4) is 0 Å². The van der Waals surface area contributed by atoms with Crippen molar-refractivity contribution in [1.82, 2.24) is 24.1 Å². The van der Waals surface area contributed by atoms with E-state index in [1.807, 2.05) is 49.6 Å². The van der Waals surface area contributed by atoms with Gasteiger partial charge in [0.2, 0.25) is 11.7 Å². The summed E-state index contributed by atoms with van der Waals surface area (Å²) in [6, 6.07) is 7.60. The molecule has 0 aliphatic rings. The minimum absolute atomic E-state index is 0.115. The van der Waals surface area contributed by atoms with Crippen LogP contribution in [-0.2, 0) is 22.6 Å². The Morgan fingerprint density at radius 2 is 1.92 bits per heavy atom. The molecule has 8 heteroatoms. The molecule has 1 aromatic carbocycles. The first kappa shape index (κ1) is 17.2. The summed E-state index contributed by atoms with van der Waals surface area (Å²) < 4.78 is 9.83. The zero-order chi connectivity index (χ0) is 18.2. The van der Waals surface area contributed by atoms with Gasteiger partial charge in [-0.25, -0.2) is 13.9 Å². The maximum atomic E-state index is 12.8. The molecule has 0 unspecified atom stereocenters. The number of para-hydroxylation sites is 2. The number of benzene rings is 1. The normalized spacial score (nSPS) is 12.2. The van der Waals surface area contributed by atoms with Crippen molar-refractivity contribution in [3.05, 3.63) is 34.7 Å². The first-order chi connectivity index (χ1) is 11.8. The van der Waals surface area contributed by atoms with Crippen LogP contribution in [-0.4, -0.2) is 43.9 Å². The number of carbonyl (C=O) groups excluding carboxylic acids is 1. The molecule has 0 spiro atoms. The van der Waals surface area contributed by atoms with Gasteiger partial charge in [-0.15, -0.1) is 5.10 Å². The molecule has 0 atom stereocenters. The number of ether oxygens (including phenoxy) is 1. The van der Waals surface area contributed by atoms with Crippen molar-refractivity contribution in [3.63, 3.8) is 0 Å². The molecule has 0 saturated heterocycles. The molecule has 25 heavy (non-hydrogen) atoms. The maximum Gasteiger partial charge on any atom is 0.352 e. The van der Waals surface area contributed by atoms with Crippen molar-refractivity contribution >= 4 is 22.7 Å². The Hall–Kier alpha value is -2.61. The number of fused-ring (bicyclic) bond motifs is 3. The zero-order valence-electron chi connectivity index (χ0n) is 14.9. The van der Waals surface area contributed by atoms with Crippen LogP contribution in [0, 0.1) is 0 Å². The molecule has 134 valence electrons. The van der Waals surface area contributed by atoms with E-state index in [1.165, 1.54) is 9.08 Å². The molecular weight excluding hydrogens is 322 g/mol. The van der Waals surface area contributed by atoms with Gasteiger partial charge in [0.1, 0.15) is 6.54 Å². The summed E-state index contributed by atoms with van der Waals surface area (Å²) in [5, 5.41) is 7.23. The van der Waals surface area contributed by atoms with Gasteiger partial charge in [-0.05, 0) is 32.9 Å². The Bertz CT molecular complexity index is 974. The van der Waals surface area contributed by atoms with Crippen LogP contribution in [0.25, 0.3) is 16.8 Å². The first-order valence-corrected chi connectivity index (χ1v) is 8.18. The SMILES string of the molecule is COCCn1c2ccccc2n2c(=O)n(CC(=O)NC(C)(C)C)nc12. The fourth-order valence-electron chi connectivity index (χ4n) is 2.87. The third kappa shape index (κ3) is 3.30. The van der Waals surface area contributed by atoms with Crippen molar-refractivity contribution in [2.45, 2.75) is 39.4 Å². The van der Waals surface area contributed by atoms with E-state index in [-0.39, 0.29) is 23.7 Å². The van der Waals surface area contributed by atoms with E-state index < -0.39 is 0 Å². The summed E-state index contributed by atoms with van der Waals surface area (Å²) in [5.41, 5.74) is 0.984. The van der Waals surface area contributed by atoms with Crippen LogP contribution in [0.1, 0.15) is 20.8 Å². The van der Waals surface area contributed by atoms with Crippen molar-refractivity contribution in [2.24, 2.45) is 0 Å². The van der Waals surface area contributed by atoms with E-state index in [1.54, 1.807) is 7.11 Å². The third-order valence-electron chi connectivity index (χ3n) is 3.80. The largest absolute Gasteiger partial charge is 0.383 e. The van der Waals surface area contributed by atoms with E-state index >= 15 is 0 Å². The molecule has 2 aromatic heterocycles. The van der Waals surface area contributed by atoms with E-state index in [9.17, 15) is 9.59 Å². The Morgan fingerprint density at radius 1 is 1.24 bits per heavy atom. The van der Waals surface area contributed by atoms with Crippen LogP contribution in [0.15, 0.2) is 29.1 Å².